The Hall–Kier alpha value is -5.74. The third kappa shape index (κ3) is 4.29. The number of aromatic nitrogens is 4. The van der Waals surface area contributed by atoms with Crippen LogP contribution in [0.25, 0.3) is 82.9 Å². The number of imidazole rings is 1. The number of para-hydroxylation sites is 3. The van der Waals surface area contributed by atoms with Crippen LogP contribution in [0.15, 0.2) is 164 Å². The van der Waals surface area contributed by atoms with Crippen LogP contribution in [0.5, 0.6) is 0 Å². The summed E-state index contributed by atoms with van der Waals surface area (Å²) in [5, 5.41) is 4.68. The van der Waals surface area contributed by atoms with Crippen molar-refractivity contribution in [3.63, 3.8) is 0 Å². The summed E-state index contributed by atoms with van der Waals surface area (Å²) in [6.07, 6.45) is 5.94. The fourth-order valence-electron chi connectivity index (χ4n) is 7.29. The van der Waals surface area contributed by atoms with E-state index in [1.54, 1.807) is 0 Å². The molecule has 0 N–H and O–H groups in total. The first kappa shape index (κ1) is 28.5. The van der Waals surface area contributed by atoms with Crippen molar-refractivity contribution in [2.45, 2.75) is 0 Å². The van der Waals surface area contributed by atoms with E-state index in [2.05, 4.69) is 159 Å². The number of fused-ring (bicyclic) bond motifs is 9. The summed E-state index contributed by atoms with van der Waals surface area (Å²) in [6, 6.07) is 55.8. The Morgan fingerprint density at radius 1 is 0.500 bits per heavy atom. The van der Waals surface area contributed by atoms with E-state index in [9.17, 15) is 0 Å². The molecule has 0 aliphatic rings. The van der Waals surface area contributed by atoms with Crippen molar-refractivity contribution in [1.82, 2.24) is 18.5 Å². The van der Waals surface area contributed by atoms with Crippen LogP contribution in [0.3, 0.4) is 0 Å². The van der Waals surface area contributed by atoms with Gasteiger partial charge in [0.1, 0.15) is 0 Å². The summed E-state index contributed by atoms with van der Waals surface area (Å²) in [5.41, 5.74) is 12.6. The zero-order valence-corrected chi connectivity index (χ0v) is 28.1. The molecule has 10 rings (SSSR count). The average Bonchev–Trinajstić information content (AvgIpc) is 3.88. The zero-order valence-electron chi connectivity index (χ0n) is 25.7. The maximum atomic E-state index is 4.71. The Morgan fingerprint density at radius 2 is 1.12 bits per heavy atom. The largest absolute Gasteiger partial charge is 0.381 e. The molecule has 4 nitrogen and oxygen atoms in total. The molecule has 0 spiro atoms. The van der Waals surface area contributed by atoms with Crippen LogP contribution < -0.4 is 0 Å². The molecule has 48 heavy (non-hydrogen) atoms. The van der Waals surface area contributed by atoms with Gasteiger partial charge in [0.25, 0.3) is 0 Å². The van der Waals surface area contributed by atoms with Crippen LogP contribution in [0, 0.1) is 6.07 Å². The maximum absolute atomic E-state index is 4.71. The minimum absolute atomic E-state index is 0. The molecule has 0 aliphatic heterocycles. The molecule has 4 heterocycles. The summed E-state index contributed by atoms with van der Waals surface area (Å²) in [5.74, 6) is 0. The van der Waals surface area contributed by atoms with Gasteiger partial charge in [-0.05, 0) is 87.8 Å². The molecule has 6 aromatic carbocycles. The van der Waals surface area contributed by atoms with Crippen molar-refractivity contribution in [3.05, 3.63) is 170 Å². The van der Waals surface area contributed by atoms with Crippen molar-refractivity contribution in [2.75, 3.05) is 0 Å². The van der Waals surface area contributed by atoms with Gasteiger partial charge in [-0.2, -0.15) is 6.07 Å². The summed E-state index contributed by atoms with van der Waals surface area (Å²) in [4.78, 5) is 4.71. The van der Waals surface area contributed by atoms with Gasteiger partial charge in [-0.15, -0.1) is 5.39 Å². The predicted octanol–water partition coefficient (Wildman–Crippen LogP) is 10.7. The van der Waals surface area contributed by atoms with Crippen LogP contribution in [-0.4, -0.2) is 18.5 Å². The van der Waals surface area contributed by atoms with E-state index < -0.39 is 0 Å². The van der Waals surface area contributed by atoms with Gasteiger partial charge < -0.3 is 18.5 Å². The minimum Gasteiger partial charge on any atom is -0.381 e. The first-order chi connectivity index (χ1) is 23.3. The molecule has 0 atom stereocenters. The van der Waals surface area contributed by atoms with Crippen molar-refractivity contribution >= 4 is 49.3 Å². The van der Waals surface area contributed by atoms with Crippen LogP contribution in [-0.2, 0) is 20.1 Å². The molecule has 229 valence electrons. The molecule has 0 amide bonds. The molecule has 10 aromatic rings. The second kappa shape index (κ2) is 11.2. The van der Waals surface area contributed by atoms with E-state index in [0.717, 1.165) is 33.1 Å². The van der Waals surface area contributed by atoms with Gasteiger partial charge in [0.05, 0.1) is 11.0 Å². The van der Waals surface area contributed by atoms with Gasteiger partial charge in [0, 0.05) is 65.8 Å². The summed E-state index contributed by atoms with van der Waals surface area (Å²) in [6.45, 7) is 0. The quantitative estimate of drug-likeness (QED) is 0.163. The number of hydrogen-bond donors (Lipinski definition) is 0. The summed E-state index contributed by atoms with van der Waals surface area (Å²) >= 11 is 0. The van der Waals surface area contributed by atoms with Crippen LogP contribution in [0.1, 0.15) is 0 Å². The fourth-order valence-corrected chi connectivity index (χ4v) is 7.29. The molecule has 0 aliphatic carbocycles. The number of nitrogens with zero attached hydrogens (tertiary/aromatic N) is 4. The van der Waals surface area contributed by atoms with Gasteiger partial charge >= 0.3 is 0 Å². The van der Waals surface area contributed by atoms with Crippen LogP contribution >= 0.6 is 0 Å². The van der Waals surface area contributed by atoms with Gasteiger partial charge in [-0.25, -0.2) is 0 Å². The van der Waals surface area contributed by atoms with Crippen molar-refractivity contribution < 1.29 is 20.1 Å². The van der Waals surface area contributed by atoms with Gasteiger partial charge in [0.15, 0.2) is 0 Å². The van der Waals surface area contributed by atoms with E-state index in [0.29, 0.717) is 0 Å². The third-order valence-electron chi connectivity index (χ3n) is 9.44. The van der Waals surface area contributed by atoms with E-state index in [4.69, 9.17) is 4.98 Å². The first-order valence-corrected chi connectivity index (χ1v) is 15.9. The van der Waals surface area contributed by atoms with E-state index >= 15 is 0 Å². The molecule has 0 fully saturated rings. The SMILES string of the molecule is [Ir].[c-]1cn(-c2ccccc2)c2c1c1nccn1c1ccc(-c3cccc(-c4ccc5c(c4)c4ccccc4n5-c4ccccc4)c3)cc21. The van der Waals surface area contributed by atoms with E-state index in [-0.39, 0.29) is 20.1 Å². The topological polar surface area (TPSA) is 27.2 Å². The Bertz CT molecular complexity index is 2790. The Morgan fingerprint density at radius 3 is 1.90 bits per heavy atom. The van der Waals surface area contributed by atoms with Gasteiger partial charge in [0.2, 0.25) is 0 Å². The third-order valence-corrected chi connectivity index (χ3v) is 9.44. The van der Waals surface area contributed by atoms with Gasteiger partial charge in [-0.1, -0.05) is 97.2 Å². The molecular weight excluding hydrogens is 765 g/mol. The van der Waals surface area contributed by atoms with E-state index in [1.807, 2.05) is 24.7 Å². The zero-order chi connectivity index (χ0) is 30.9. The minimum atomic E-state index is 0. The molecule has 0 unspecified atom stereocenters. The molecule has 1 radical (unpaired) electrons. The molecular formula is C43H27IrN4-. The standard InChI is InChI=1S/C43H27N4.Ir/c1-3-12-33(13-4-1)45-24-22-36-42(45)38-28-32(18-20-39(38)46-25-23-44-43(36)46)30-11-9-10-29(26-30)31-19-21-41-37(27-31)35-16-7-8-17-40(35)47(41)34-14-5-2-6-15-34;/h1-21,23-28H;/q-1;. The molecule has 0 saturated heterocycles. The van der Waals surface area contributed by atoms with Crippen LogP contribution in [0.4, 0.5) is 0 Å². The van der Waals surface area contributed by atoms with E-state index in [1.165, 1.54) is 49.7 Å². The Kier molecular flexibility index (Phi) is 6.65. The normalized spacial score (nSPS) is 11.6. The summed E-state index contributed by atoms with van der Waals surface area (Å²) < 4.78 is 6.76. The Balaban J connectivity index is 0.00000314. The first-order valence-electron chi connectivity index (χ1n) is 15.9. The summed E-state index contributed by atoms with van der Waals surface area (Å²) in [7, 11) is 0. The molecule has 5 heteroatoms. The van der Waals surface area contributed by atoms with Crippen molar-refractivity contribution in [2.24, 2.45) is 0 Å². The smallest absolute Gasteiger partial charge is 0.0541 e. The molecule has 0 bridgehead atoms. The molecule has 0 saturated carbocycles. The second-order valence-corrected chi connectivity index (χ2v) is 12.1. The fraction of sp³-hybridized carbons (Fsp3) is 0. The molecule has 4 aromatic heterocycles. The number of rotatable bonds is 4. The Labute approximate surface area is 290 Å². The van der Waals surface area contributed by atoms with Gasteiger partial charge in [-0.3, -0.25) is 0 Å². The number of benzene rings is 6. The number of hydrogen-bond acceptors (Lipinski definition) is 1. The maximum Gasteiger partial charge on any atom is 0.0541 e. The van der Waals surface area contributed by atoms with Crippen molar-refractivity contribution in [1.29, 1.82) is 0 Å². The number of pyridine rings is 1. The predicted molar refractivity (Wildman–Crippen MR) is 194 cm³/mol. The van der Waals surface area contributed by atoms with Crippen LogP contribution in [0.2, 0.25) is 0 Å². The monoisotopic (exact) mass is 792 g/mol. The second-order valence-electron chi connectivity index (χ2n) is 12.1. The average molecular weight is 792 g/mol. The van der Waals surface area contributed by atoms with Crippen molar-refractivity contribution in [3.8, 4) is 33.6 Å².